The van der Waals surface area contributed by atoms with Crippen molar-refractivity contribution in [2.45, 2.75) is 46.2 Å². The molecule has 3 nitrogen and oxygen atoms in total. The van der Waals surface area contributed by atoms with Gasteiger partial charge in [0.2, 0.25) is 10.0 Å². The molecule has 0 aliphatic carbocycles. The molecule has 0 aromatic heterocycles. The number of sulfonamides is 1. The maximum atomic E-state index is 12.1. The van der Waals surface area contributed by atoms with Crippen molar-refractivity contribution >= 4 is 10.0 Å². The molecule has 0 atom stereocenters. The molecule has 0 aromatic rings. The van der Waals surface area contributed by atoms with Crippen molar-refractivity contribution in [2.24, 2.45) is 5.92 Å². The molecule has 0 aliphatic heterocycles. The van der Waals surface area contributed by atoms with E-state index in [9.17, 15) is 21.6 Å². The van der Waals surface area contributed by atoms with Gasteiger partial charge in [0.25, 0.3) is 0 Å². The van der Waals surface area contributed by atoms with Crippen LogP contribution in [0.15, 0.2) is 0 Å². The van der Waals surface area contributed by atoms with Gasteiger partial charge in [0.1, 0.15) is 0 Å². The number of hydrogen-bond acceptors (Lipinski definition) is 2. The highest BCUT2D eigenvalue weighted by Gasteiger charge is 2.32. The maximum Gasteiger partial charge on any atom is 0.390 e. The molecule has 0 N–H and O–H groups in total. The van der Waals surface area contributed by atoms with Gasteiger partial charge >= 0.3 is 6.18 Å². The third-order valence-electron chi connectivity index (χ3n) is 2.37. The van der Waals surface area contributed by atoms with E-state index in [0.717, 1.165) is 6.42 Å². The van der Waals surface area contributed by atoms with Gasteiger partial charge in [-0.1, -0.05) is 27.2 Å². The Morgan fingerprint density at radius 1 is 1.22 bits per heavy atom. The fraction of sp³-hybridized carbons (Fsp3) is 1.00. The lowest BCUT2D eigenvalue weighted by Crippen LogP contribution is -2.37. The fourth-order valence-corrected chi connectivity index (χ4v) is 3.14. The summed E-state index contributed by atoms with van der Waals surface area (Å²) < 4.78 is 61.1. The van der Waals surface area contributed by atoms with Crippen LogP contribution in [0.25, 0.3) is 0 Å². The average molecular weight is 289 g/mol. The lowest BCUT2D eigenvalue weighted by molar-refractivity contribution is -0.130. The SMILES string of the molecule is CCCCN(CC(C)C)S(=O)(=O)CCC(F)(F)F. The fourth-order valence-electron chi connectivity index (χ4n) is 1.46. The highest BCUT2D eigenvalue weighted by molar-refractivity contribution is 7.89. The van der Waals surface area contributed by atoms with Crippen molar-refractivity contribution in [3.8, 4) is 0 Å². The van der Waals surface area contributed by atoms with E-state index >= 15 is 0 Å². The van der Waals surface area contributed by atoms with Crippen LogP contribution in [0.2, 0.25) is 0 Å². The Labute approximate surface area is 107 Å². The Kier molecular flexibility index (Phi) is 7.21. The molecule has 7 heteroatoms. The summed E-state index contributed by atoms with van der Waals surface area (Å²) in [6.07, 6.45) is -4.24. The van der Waals surface area contributed by atoms with Crippen LogP contribution in [0.1, 0.15) is 40.0 Å². The summed E-state index contributed by atoms with van der Waals surface area (Å²) in [5.74, 6) is -0.755. The second-order valence-corrected chi connectivity index (χ2v) is 6.88. The Bertz CT molecular complexity index is 326. The monoisotopic (exact) mass is 289 g/mol. The summed E-state index contributed by atoms with van der Waals surface area (Å²) in [5, 5.41) is 0. The van der Waals surface area contributed by atoms with E-state index in [0.29, 0.717) is 13.0 Å². The normalized spacial score (nSPS) is 13.6. The van der Waals surface area contributed by atoms with Crippen LogP contribution in [0.4, 0.5) is 13.2 Å². The zero-order valence-corrected chi connectivity index (χ0v) is 11.9. The molecule has 0 fully saturated rings. The molecule has 0 unspecified atom stereocenters. The summed E-state index contributed by atoms with van der Waals surface area (Å²) in [6, 6.07) is 0. The topological polar surface area (TPSA) is 37.4 Å². The largest absolute Gasteiger partial charge is 0.390 e. The lowest BCUT2D eigenvalue weighted by Gasteiger charge is -2.24. The molecule has 0 heterocycles. The lowest BCUT2D eigenvalue weighted by atomic mass is 10.2. The molecule has 0 spiro atoms. The molecule has 0 saturated heterocycles. The minimum Gasteiger partial charge on any atom is -0.212 e. The van der Waals surface area contributed by atoms with Gasteiger partial charge < -0.3 is 0 Å². The van der Waals surface area contributed by atoms with Crippen LogP contribution >= 0.6 is 0 Å². The van der Waals surface area contributed by atoms with Gasteiger partial charge in [0.15, 0.2) is 0 Å². The molecule has 0 saturated carbocycles. The number of nitrogens with zero attached hydrogens (tertiary/aromatic N) is 1. The van der Waals surface area contributed by atoms with E-state index in [1.165, 1.54) is 4.31 Å². The van der Waals surface area contributed by atoms with Crippen LogP contribution in [-0.4, -0.2) is 37.7 Å². The zero-order valence-electron chi connectivity index (χ0n) is 11.1. The summed E-state index contributed by atoms with van der Waals surface area (Å²) in [5.41, 5.74) is 0. The summed E-state index contributed by atoms with van der Waals surface area (Å²) >= 11 is 0. The van der Waals surface area contributed by atoms with E-state index in [1.807, 2.05) is 20.8 Å². The number of alkyl halides is 3. The number of rotatable bonds is 8. The van der Waals surface area contributed by atoms with E-state index in [4.69, 9.17) is 0 Å². The molecule has 0 bridgehead atoms. The molecule has 0 radical (unpaired) electrons. The molecule has 0 rings (SSSR count). The number of halogens is 3. The first-order chi connectivity index (χ1) is 8.08. The van der Waals surface area contributed by atoms with Crippen LogP contribution in [-0.2, 0) is 10.0 Å². The van der Waals surface area contributed by atoms with Gasteiger partial charge in [-0.15, -0.1) is 0 Å². The number of hydrogen-bond donors (Lipinski definition) is 0. The van der Waals surface area contributed by atoms with Crippen molar-refractivity contribution < 1.29 is 21.6 Å². The molecule has 110 valence electrons. The zero-order chi connectivity index (χ0) is 14.4. The van der Waals surface area contributed by atoms with Crippen LogP contribution in [0, 0.1) is 5.92 Å². The van der Waals surface area contributed by atoms with Crippen molar-refractivity contribution in [2.75, 3.05) is 18.8 Å². The molecule has 0 aliphatic rings. The van der Waals surface area contributed by atoms with Gasteiger partial charge in [-0.3, -0.25) is 0 Å². The first-order valence-electron chi connectivity index (χ1n) is 6.13. The van der Waals surface area contributed by atoms with Crippen LogP contribution < -0.4 is 0 Å². The first kappa shape index (κ1) is 17.7. The average Bonchev–Trinajstić information content (AvgIpc) is 2.20. The summed E-state index contributed by atoms with van der Waals surface area (Å²) in [6.45, 7) is 6.18. The molecular formula is C11H22F3NO2S. The Hall–Kier alpha value is -0.300. The van der Waals surface area contributed by atoms with E-state index < -0.39 is 28.4 Å². The predicted octanol–water partition coefficient (Wildman–Crippen LogP) is 3.03. The van der Waals surface area contributed by atoms with Crippen molar-refractivity contribution in [1.29, 1.82) is 0 Å². The molecule has 0 aromatic carbocycles. The van der Waals surface area contributed by atoms with Gasteiger partial charge in [-0.2, -0.15) is 13.2 Å². The highest BCUT2D eigenvalue weighted by atomic mass is 32.2. The standard InChI is InChI=1S/C11H22F3NO2S/c1-4-5-7-15(9-10(2)3)18(16,17)8-6-11(12,13)14/h10H,4-9H2,1-3H3. The van der Waals surface area contributed by atoms with Gasteiger partial charge in [0.05, 0.1) is 12.2 Å². The second-order valence-electron chi connectivity index (χ2n) is 4.79. The third-order valence-corrected chi connectivity index (χ3v) is 4.21. The molecule has 0 amide bonds. The van der Waals surface area contributed by atoms with Gasteiger partial charge in [0, 0.05) is 13.1 Å². The quantitative estimate of drug-likeness (QED) is 0.689. The minimum atomic E-state index is -4.43. The minimum absolute atomic E-state index is 0.0996. The second kappa shape index (κ2) is 7.33. The smallest absolute Gasteiger partial charge is 0.212 e. The van der Waals surface area contributed by atoms with Gasteiger partial charge in [-0.05, 0) is 12.3 Å². The maximum absolute atomic E-state index is 12.1. The van der Waals surface area contributed by atoms with Crippen molar-refractivity contribution in [1.82, 2.24) is 4.31 Å². The third kappa shape index (κ3) is 7.92. The van der Waals surface area contributed by atoms with Crippen LogP contribution in [0.3, 0.4) is 0 Å². The summed E-state index contributed by atoms with van der Waals surface area (Å²) in [4.78, 5) is 0. The summed E-state index contributed by atoms with van der Waals surface area (Å²) in [7, 11) is -3.81. The Balaban J connectivity index is 4.63. The molecule has 18 heavy (non-hydrogen) atoms. The van der Waals surface area contributed by atoms with E-state index in [2.05, 4.69) is 0 Å². The van der Waals surface area contributed by atoms with Gasteiger partial charge in [-0.25, -0.2) is 12.7 Å². The van der Waals surface area contributed by atoms with Crippen LogP contribution in [0.5, 0.6) is 0 Å². The molecular weight excluding hydrogens is 267 g/mol. The Morgan fingerprint density at radius 2 is 1.78 bits per heavy atom. The number of unbranched alkanes of at least 4 members (excludes halogenated alkanes) is 1. The van der Waals surface area contributed by atoms with E-state index in [-0.39, 0.29) is 12.5 Å². The van der Waals surface area contributed by atoms with Crippen molar-refractivity contribution in [3.05, 3.63) is 0 Å². The first-order valence-corrected chi connectivity index (χ1v) is 7.74. The van der Waals surface area contributed by atoms with Crippen molar-refractivity contribution in [3.63, 3.8) is 0 Å². The Morgan fingerprint density at radius 3 is 2.17 bits per heavy atom. The highest BCUT2D eigenvalue weighted by Crippen LogP contribution is 2.21. The van der Waals surface area contributed by atoms with E-state index in [1.54, 1.807) is 0 Å². The predicted molar refractivity (Wildman–Crippen MR) is 65.8 cm³/mol.